The third-order valence-corrected chi connectivity index (χ3v) is 3.28. The van der Waals surface area contributed by atoms with E-state index in [-0.39, 0.29) is 24.9 Å². The molecule has 21 heavy (non-hydrogen) atoms. The summed E-state index contributed by atoms with van der Waals surface area (Å²) in [5, 5.41) is 2.64. The zero-order chi connectivity index (χ0) is 15.2. The van der Waals surface area contributed by atoms with E-state index >= 15 is 0 Å². The Morgan fingerprint density at radius 3 is 2.43 bits per heavy atom. The summed E-state index contributed by atoms with van der Waals surface area (Å²) in [6, 6.07) is 9.77. The molecule has 0 saturated heterocycles. The SMILES string of the molecule is O=C(COc1ccc(F)cc1Br)NCc1ccc(F)cc1. The molecular formula is C15H12BrF2NO2. The van der Waals surface area contributed by atoms with Crippen LogP contribution in [-0.2, 0) is 11.3 Å². The van der Waals surface area contributed by atoms with Crippen molar-refractivity contribution >= 4 is 21.8 Å². The molecule has 0 spiro atoms. The molecule has 2 rings (SSSR count). The molecular weight excluding hydrogens is 344 g/mol. The Kier molecular flexibility index (Phi) is 5.27. The van der Waals surface area contributed by atoms with Crippen molar-refractivity contribution in [2.24, 2.45) is 0 Å². The monoisotopic (exact) mass is 355 g/mol. The number of rotatable bonds is 5. The van der Waals surface area contributed by atoms with Crippen LogP contribution in [0.25, 0.3) is 0 Å². The molecule has 0 atom stereocenters. The molecule has 1 amide bonds. The molecule has 0 aliphatic heterocycles. The average molecular weight is 356 g/mol. The van der Waals surface area contributed by atoms with Crippen LogP contribution in [0.5, 0.6) is 5.75 Å². The minimum Gasteiger partial charge on any atom is -0.483 e. The second-order valence-electron chi connectivity index (χ2n) is 4.27. The van der Waals surface area contributed by atoms with Crippen molar-refractivity contribution in [1.82, 2.24) is 5.32 Å². The van der Waals surface area contributed by atoms with E-state index in [1.807, 2.05) is 0 Å². The van der Waals surface area contributed by atoms with Gasteiger partial charge in [-0.25, -0.2) is 8.78 Å². The summed E-state index contributed by atoms with van der Waals surface area (Å²) in [5.41, 5.74) is 0.785. The van der Waals surface area contributed by atoms with E-state index in [0.717, 1.165) is 5.56 Å². The first kappa shape index (κ1) is 15.4. The van der Waals surface area contributed by atoms with Crippen LogP contribution in [0.4, 0.5) is 8.78 Å². The van der Waals surface area contributed by atoms with E-state index in [1.54, 1.807) is 12.1 Å². The van der Waals surface area contributed by atoms with Gasteiger partial charge in [0.25, 0.3) is 5.91 Å². The van der Waals surface area contributed by atoms with Crippen LogP contribution in [0.3, 0.4) is 0 Å². The maximum atomic E-state index is 12.9. The Hall–Kier alpha value is -1.95. The molecule has 0 unspecified atom stereocenters. The number of halogens is 3. The van der Waals surface area contributed by atoms with Gasteiger partial charge in [-0.1, -0.05) is 12.1 Å². The minimum absolute atomic E-state index is 0.189. The van der Waals surface area contributed by atoms with Gasteiger partial charge in [-0.05, 0) is 51.8 Å². The maximum Gasteiger partial charge on any atom is 0.258 e. The van der Waals surface area contributed by atoms with Crippen molar-refractivity contribution in [2.75, 3.05) is 6.61 Å². The van der Waals surface area contributed by atoms with E-state index in [4.69, 9.17) is 4.74 Å². The second-order valence-corrected chi connectivity index (χ2v) is 5.12. The number of carbonyl (C=O) groups excluding carboxylic acids is 1. The molecule has 2 aromatic carbocycles. The first-order chi connectivity index (χ1) is 10.0. The number of benzene rings is 2. The molecule has 0 aromatic heterocycles. The summed E-state index contributed by atoms with van der Waals surface area (Å²) >= 11 is 3.15. The van der Waals surface area contributed by atoms with E-state index in [1.165, 1.54) is 30.3 Å². The largest absolute Gasteiger partial charge is 0.483 e. The molecule has 0 heterocycles. The van der Waals surface area contributed by atoms with E-state index < -0.39 is 5.82 Å². The van der Waals surface area contributed by atoms with Crippen LogP contribution >= 0.6 is 15.9 Å². The predicted molar refractivity (Wildman–Crippen MR) is 77.8 cm³/mol. The molecule has 0 aliphatic rings. The van der Waals surface area contributed by atoms with E-state index in [0.29, 0.717) is 10.2 Å². The Morgan fingerprint density at radius 2 is 1.76 bits per heavy atom. The maximum absolute atomic E-state index is 12.9. The number of carbonyl (C=O) groups is 1. The fraction of sp³-hybridized carbons (Fsp3) is 0.133. The first-order valence-electron chi connectivity index (χ1n) is 6.13. The van der Waals surface area contributed by atoms with Crippen molar-refractivity contribution in [1.29, 1.82) is 0 Å². The summed E-state index contributed by atoms with van der Waals surface area (Å²) in [6.07, 6.45) is 0. The molecule has 6 heteroatoms. The van der Waals surface area contributed by atoms with Crippen LogP contribution in [-0.4, -0.2) is 12.5 Å². The van der Waals surface area contributed by atoms with Crippen LogP contribution in [0, 0.1) is 11.6 Å². The Morgan fingerprint density at radius 1 is 1.10 bits per heavy atom. The fourth-order valence-electron chi connectivity index (χ4n) is 1.59. The van der Waals surface area contributed by atoms with Crippen LogP contribution < -0.4 is 10.1 Å². The highest BCUT2D eigenvalue weighted by Crippen LogP contribution is 2.25. The zero-order valence-corrected chi connectivity index (χ0v) is 12.5. The van der Waals surface area contributed by atoms with Gasteiger partial charge in [0.2, 0.25) is 0 Å². The van der Waals surface area contributed by atoms with Gasteiger partial charge < -0.3 is 10.1 Å². The Balaban J connectivity index is 1.80. The summed E-state index contributed by atoms with van der Waals surface area (Å²) in [5.74, 6) is -0.659. The Bertz CT molecular complexity index is 632. The number of nitrogens with one attached hydrogen (secondary N) is 1. The van der Waals surface area contributed by atoms with Crippen molar-refractivity contribution in [3.05, 3.63) is 64.1 Å². The van der Waals surface area contributed by atoms with Gasteiger partial charge in [0.1, 0.15) is 17.4 Å². The standard InChI is InChI=1S/C15H12BrF2NO2/c16-13-7-12(18)5-6-14(13)21-9-15(20)19-8-10-1-3-11(17)4-2-10/h1-7H,8-9H2,(H,19,20). The summed E-state index contributed by atoms with van der Waals surface area (Å²) < 4.78 is 31.3. The molecule has 2 aromatic rings. The van der Waals surface area contributed by atoms with Crippen LogP contribution in [0.1, 0.15) is 5.56 Å². The highest BCUT2D eigenvalue weighted by Gasteiger charge is 2.06. The van der Waals surface area contributed by atoms with Crippen molar-refractivity contribution in [3.63, 3.8) is 0 Å². The van der Waals surface area contributed by atoms with Gasteiger partial charge in [-0.2, -0.15) is 0 Å². The topological polar surface area (TPSA) is 38.3 Å². The molecule has 0 aliphatic carbocycles. The number of hydrogen-bond acceptors (Lipinski definition) is 2. The molecule has 110 valence electrons. The quantitative estimate of drug-likeness (QED) is 0.892. The number of ether oxygens (including phenoxy) is 1. The molecule has 1 N–H and O–H groups in total. The number of amides is 1. The predicted octanol–water partition coefficient (Wildman–Crippen LogP) is 3.42. The fourth-order valence-corrected chi connectivity index (χ4v) is 2.05. The highest BCUT2D eigenvalue weighted by molar-refractivity contribution is 9.10. The first-order valence-corrected chi connectivity index (χ1v) is 6.93. The lowest BCUT2D eigenvalue weighted by atomic mass is 10.2. The smallest absolute Gasteiger partial charge is 0.258 e. The van der Waals surface area contributed by atoms with Gasteiger partial charge >= 0.3 is 0 Å². The second kappa shape index (κ2) is 7.17. The normalized spacial score (nSPS) is 10.2. The van der Waals surface area contributed by atoms with Crippen LogP contribution in [0.2, 0.25) is 0 Å². The summed E-state index contributed by atoms with van der Waals surface area (Å²) in [7, 11) is 0. The van der Waals surface area contributed by atoms with Crippen molar-refractivity contribution in [3.8, 4) is 5.75 Å². The summed E-state index contributed by atoms with van der Waals surface area (Å²) in [6.45, 7) is 0.0957. The minimum atomic E-state index is -0.394. The van der Waals surface area contributed by atoms with Gasteiger partial charge in [0.15, 0.2) is 6.61 Å². The van der Waals surface area contributed by atoms with Crippen molar-refractivity contribution < 1.29 is 18.3 Å². The lowest BCUT2D eigenvalue weighted by molar-refractivity contribution is -0.123. The molecule has 0 saturated carbocycles. The van der Waals surface area contributed by atoms with Gasteiger partial charge in [0.05, 0.1) is 4.47 Å². The average Bonchev–Trinajstić information content (AvgIpc) is 2.46. The van der Waals surface area contributed by atoms with Crippen LogP contribution in [0.15, 0.2) is 46.9 Å². The molecule has 0 bridgehead atoms. The van der Waals surface area contributed by atoms with E-state index in [9.17, 15) is 13.6 Å². The Labute approximate surface area is 129 Å². The molecule has 3 nitrogen and oxygen atoms in total. The third kappa shape index (κ3) is 4.82. The summed E-state index contributed by atoms with van der Waals surface area (Å²) in [4.78, 5) is 11.6. The van der Waals surface area contributed by atoms with Crippen molar-refractivity contribution in [2.45, 2.75) is 6.54 Å². The third-order valence-electron chi connectivity index (χ3n) is 2.66. The van der Waals surface area contributed by atoms with Gasteiger partial charge in [0, 0.05) is 6.54 Å². The van der Waals surface area contributed by atoms with E-state index in [2.05, 4.69) is 21.2 Å². The van der Waals surface area contributed by atoms with Gasteiger partial charge in [-0.3, -0.25) is 4.79 Å². The lowest BCUT2D eigenvalue weighted by Crippen LogP contribution is -2.28. The highest BCUT2D eigenvalue weighted by atomic mass is 79.9. The lowest BCUT2D eigenvalue weighted by Gasteiger charge is -2.09. The van der Waals surface area contributed by atoms with Gasteiger partial charge in [-0.15, -0.1) is 0 Å². The number of hydrogen-bond donors (Lipinski definition) is 1. The zero-order valence-electron chi connectivity index (χ0n) is 10.9. The molecule has 0 radical (unpaired) electrons. The molecule has 0 fully saturated rings.